The monoisotopic (exact) mass is 313 g/mol. The molecule has 3 heteroatoms. The highest BCUT2D eigenvalue weighted by Crippen LogP contribution is 2.52. The molecule has 0 N–H and O–H groups in total. The lowest BCUT2D eigenvalue weighted by Crippen LogP contribution is -2.47. The number of hydrogen-bond acceptors (Lipinski definition) is 2. The van der Waals surface area contributed by atoms with Gasteiger partial charge in [0.2, 0.25) is 5.91 Å². The highest BCUT2D eigenvalue weighted by atomic mass is 16.2. The molecule has 3 rings (SSSR count). The molecule has 3 nitrogen and oxygen atoms in total. The van der Waals surface area contributed by atoms with E-state index in [9.17, 15) is 4.79 Å². The molecule has 1 saturated carbocycles. The first-order valence-corrected chi connectivity index (χ1v) is 8.74. The van der Waals surface area contributed by atoms with Crippen LogP contribution in [0, 0.1) is 12.3 Å². The molecule has 0 aromatic heterocycles. The van der Waals surface area contributed by atoms with Crippen LogP contribution in [0.5, 0.6) is 0 Å². The molecule has 2 aliphatic rings. The van der Waals surface area contributed by atoms with E-state index in [4.69, 9.17) is 0 Å². The zero-order valence-electron chi connectivity index (χ0n) is 14.7. The predicted molar refractivity (Wildman–Crippen MR) is 93.9 cm³/mol. The summed E-state index contributed by atoms with van der Waals surface area (Å²) in [5, 5.41) is 0. The first kappa shape index (κ1) is 16.5. The van der Waals surface area contributed by atoms with Crippen molar-refractivity contribution in [3.63, 3.8) is 0 Å². The summed E-state index contributed by atoms with van der Waals surface area (Å²) in [7, 11) is 4.38. The summed E-state index contributed by atoms with van der Waals surface area (Å²) >= 11 is 0. The van der Waals surface area contributed by atoms with E-state index >= 15 is 0 Å². The molecule has 1 radical (unpaired) electrons. The van der Waals surface area contributed by atoms with E-state index in [1.54, 1.807) is 0 Å². The molecule has 1 aliphatic heterocycles. The van der Waals surface area contributed by atoms with Crippen LogP contribution in [-0.2, 0) is 10.3 Å². The highest BCUT2D eigenvalue weighted by Gasteiger charge is 2.50. The van der Waals surface area contributed by atoms with Crippen LogP contribution in [0.15, 0.2) is 30.3 Å². The third-order valence-corrected chi connectivity index (χ3v) is 6.19. The first-order valence-electron chi connectivity index (χ1n) is 8.74. The van der Waals surface area contributed by atoms with Gasteiger partial charge in [0, 0.05) is 24.5 Å². The van der Waals surface area contributed by atoms with Crippen molar-refractivity contribution in [2.75, 3.05) is 20.6 Å². The molecule has 1 aliphatic carbocycles. The maximum Gasteiger partial charge on any atom is 0.223 e. The summed E-state index contributed by atoms with van der Waals surface area (Å²) in [4.78, 5) is 16.7. The Bertz CT molecular complexity index is 556. The van der Waals surface area contributed by atoms with Crippen molar-refractivity contribution in [2.24, 2.45) is 5.41 Å². The van der Waals surface area contributed by atoms with Gasteiger partial charge < -0.3 is 4.90 Å². The fraction of sp³-hybridized carbons (Fsp3) is 0.600. The summed E-state index contributed by atoms with van der Waals surface area (Å²) in [5.74, 6) is 0.296. The smallest absolute Gasteiger partial charge is 0.223 e. The molecule has 2 fully saturated rings. The minimum absolute atomic E-state index is 0.0801. The summed E-state index contributed by atoms with van der Waals surface area (Å²) in [6, 6.07) is 10.9. The summed E-state index contributed by atoms with van der Waals surface area (Å²) in [6.45, 7) is 6.97. The Morgan fingerprint density at radius 3 is 2.22 bits per heavy atom. The molecule has 1 saturated heterocycles. The van der Waals surface area contributed by atoms with Crippen LogP contribution in [0.25, 0.3) is 0 Å². The molecule has 1 amide bonds. The Balaban J connectivity index is 1.80. The first-order chi connectivity index (χ1) is 10.9. The second-order valence-corrected chi connectivity index (χ2v) is 7.84. The van der Waals surface area contributed by atoms with E-state index in [0.717, 1.165) is 32.2 Å². The topological polar surface area (TPSA) is 23.6 Å². The van der Waals surface area contributed by atoms with Gasteiger partial charge in [-0.3, -0.25) is 9.69 Å². The molecule has 0 bridgehead atoms. The maximum atomic E-state index is 12.3. The number of rotatable bonds is 3. The standard InChI is InChI=1S/C20H29N2O/c1-16(2)22-15-19(14-18(22)23)10-12-20(13-11-19,21(3)4)17-8-6-5-7-9-17/h5-9,16H,1,10-15H2,2-4H3/t16?,19-,20-. The Labute approximate surface area is 140 Å². The molecule has 1 heterocycles. The van der Waals surface area contributed by atoms with Gasteiger partial charge in [-0.2, -0.15) is 0 Å². The fourth-order valence-corrected chi connectivity index (χ4v) is 4.60. The van der Waals surface area contributed by atoms with E-state index in [1.165, 1.54) is 5.56 Å². The zero-order chi connectivity index (χ0) is 16.7. The van der Waals surface area contributed by atoms with Crippen LogP contribution in [0.4, 0.5) is 0 Å². The largest absolute Gasteiger partial charge is 0.339 e. The van der Waals surface area contributed by atoms with E-state index in [0.29, 0.717) is 12.3 Å². The van der Waals surface area contributed by atoms with Crippen molar-refractivity contribution in [3.8, 4) is 0 Å². The summed E-state index contributed by atoms with van der Waals surface area (Å²) in [6.07, 6.45) is 5.20. The second kappa shape index (κ2) is 5.94. The van der Waals surface area contributed by atoms with Crippen molar-refractivity contribution >= 4 is 5.91 Å². The Morgan fingerprint density at radius 1 is 1.13 bits per heavy atom. The zero-order valence-corrected chi connectivity index (χ0v) is 14.7. The quantitative estimate of drug-likeness (QED) is 0.853. The van der Waals surface area contributed by atoms with E-state index < -0.39 is 0 Å². The average Bonchev–Trinajstić information content (AvgIpc) is 2.86. The van der Waals surface area contributed by atoms with E-state index in [-0.39, 0.29) is 17.0 Å². The minimum Gasteiger partial charge on any atom is -0.339 e. The van der Waals surface area contributed by atoms with E-state index in [1.807, 2.05) is 11.8 Å². The summed E-state index contributed by atoms with van der Waals surface area (Å²) < 4.78 is 0. The van der Waals surface area contributed by atoms with Crippen LogP contribution in [0.3, 0.4) is 0 Å². The Hall–Kier alpha value is -1.35. The van der Waals surface area contributed by atoms with Crippen LogP contribution in [-0.4, -0.2) is 42.4 Å². The normalized spacial score (nSPS) is 31.6. The molecule has 23 heavy (non-hydrogen) atoms. The highest BCUT2D eigenvalue weighted by molar-refractivity contribution is 5.80. The maximum absolute atomic E-state index is 12.3. The molecule has 1 aromatic carbocycles. The van der Waals surface area contributed by atoms with Crippen LogP contribution in [0.1, 0.15) is 44.6 Å². The number of carbonyl (C=O) groups is 1. The number of benzene rings is 1. The van der Waals surface area contributed by atoms with Crippen molar-refractivity contribution in [2.45, 2.75) is 50.6 Å². The SMILES string of the molecule is [CH2]C(C)N1C[C@]2(CC[C@](c3ccccc3)(N(C)C)CC2)CC1=O. The lowest BCUT2D eigenvalue weighted by atomic mass is 9.64. The third-order valence-electron chi connectivity index (χ3n) is 6.19. The lowest BCUT2D eigenvalue weighted by molar-refractivity contribution is -0.128. The molecule has 125 valence electrons. The van der Waals surface area contributed by atoms with Crippen molar-refractivity contribution in [1.29, 1.82) is 0 Å². The van der Waals surface area contributed by atoms with Gasteiger partial charge in [0.15, 0.2) is 0 Å². The molecule has 1 spiro atoms. The van der Waals surface area contributed by atoms with Gasteiger partial charge in [-0.1, -0.05) is 30.3 Å². The minimum atomic E-state index is 0.0801. The average molecular weight is 313 g/mol. The Kier molecular flexibility index (Phi) is 4.26. The van der Waals surface area contributed by atoms with Crippen molar-refractivity contribution < 1.29 is 4.79 Å². The van der Waals surface area contributed by atoms with Crippen LogP contribution in [0.2, 0.25) is 0 Å². The second-order valence-electron chi connectivity index (χ2n) is 7.84. The Morgan fingerprint density at radius 2 is 1.74 bits per heavy atom. The van der Waals surface area contributed by atoms with Crippen LogP contribution >= 0.6 is 0 Å². The van der Waals surface area contributed by atoms with Crippen LogP contribution < -0.4 is 0 Å². The molecule has 1 atom stereocenters. The van der Waals surface area contributed by atoms with Gasteiger partial charge in [0.05, 0.1) is 0 Å². The molecule has 1 unspecified atom stereocenters. The number of likely N-dealkylation sites (tertiary alicyclic amines) is 1. The predicted octanol–water partition coefficient (Wildman–Crippen LogP) is 3.46. The van der Waals surface area contributed by atoms with Gasteiger partial charge in [-0.15, -0.1) is 0 Å². The number of hydrogen-bond donors (Lipinski definition) is 0. The third kappa shape index (κ3) is 2.80. The van der Waals surface area contributed by atoms with Gasteiger partial charge in [-0.05, 0) is 64.6 Å². The number of amides is 1. The van der Waals surface area contributed by atoms with Gasteiger partial charge in [0.25, 0.3) is 0 Å². The number of nitrogens with zero attached hydrogens (tertiary/aromatic N) is 2. The fourth-order valence-electron chi connectivity index (χ4n) is 4.60. The van der Waals surface area contributed by atoms with Gasteiger partial charge >= 0.3 is 0 Å². The summed E-state index contributed by atoms with van der Waals surface area (Å²) in [5.41, 5.74) is 1.70. The van der Waals surface area contributed by atoms with Crippen molar-refractivity contribution in [3.05, 3.63) is 42.8 Å². The van der Waals surface area contributed by atoms with E-state index in [2.05, 4.69) is 56.3 Å². The van der Waals surface area contributed by atoms with Crippen molar-refractivity contribution in [1.82, 2.24) is 9.80 Å². The van der Waals surface area contributed by atoms with Gasteiger partial charge in [-0.25, -0.2) is 0 Å². The lowest BCUT2D eigenvalue weighted by Gasteiger charge is -2.49. The number of carbonyl (C=O) groups excluding carboxylic acids is 1. The molecular formula is C20H29N2O. The van der Waals surface area contributed by atoms with Gasteiger partial charge in [0.1, 0.15) is 0 Å². The molecule has 1 aromatic rings. The molecular weight excluding hydrogens is 284 g/mol.